The molecule has 0 aliphatic carbocycles. The van der Waals surface area contributed by atoms with E-state index in [-0.39, 0.29) is 17.4 Å². The number of aliphatic hydroxyl groups excluding tert-OH is 1. The van der Waals surface area contributed by atoms with Crippen molar-refractivity contribution in [1.29, 1.82) is 0 Å². The highest BCUT2D eigenvalue weighted by molar-refractivity contribution is 6.51. The summed E-state index contributed by atoms with van der Waals surface area (Å²) in [5.74, 6) is -0.477. The van der Waals surface area contributed by atoms with E-state index in [1.807, 2.05) is 20.8 Å². The van der Waals surface area contributed by atoms with Gasteiger partial charge in [-0.05, 0) is 80.9 Å². The summed E-state index contributed by atoms with van der Waals surface area (Å²) < 4.78 is 11.2. The number of anilines is 1. The van der Waals surface area contributed by atoms with Crippen LogP contribution in [0.4, 0.5) is 5.69 Å². The zero-order chi connectivity index (χ0) is 25.1. The number of hydrogen-bond acceptors (Lipinski definition) is 5. The van der Waals surface area contributed by atoms with Crippen LogP contribution < -0.4 is 14.4 Å². The van der Waals surface area contributed by atoms with Crippen LogP contribution in [-0.2, 0) is 9.59 Å². The van der Waals surface area contributed by atoms with Crippen molar-refractivity contribution in [3.05, 3.63) is 94.5 Å². The van der Waals surface area contributed by atoms with Crippen molar-refractivity contribution in [1.82, 2.24) is 0 Å². The minimum atomic E-state index is -0.851. The minimum absolute atomic E-state index is 0.00266. The molecule has 0 spiro atoms. The Labute approximate surface area is 209 Å². The summed E-state index contributed by atoms with van der Waals surface area (Å²) in [6.07, 6.45) is -0.00266. The molecule has 1 atom stereocenters. The van der Waals surface area contributed by atoms with Gasteiger partial charge in [0.25, 0.3) is 11.7 Å². The van der Waals surface area contributed by atoms with Crippen molar-refractivity contribution < 1.29 is 24.2 Å². The fourth-order valence-corrected chi connectivity index (χ4v) is 4.26. The first-order valence-electron chi connectivity index (χ1n) is 11.4. The number of aliphatic hydroxyl groups is 1. The van der Waals surface area contributed by atoms with Crippen molar-refractivity contribution in [3.63, 3.8) is 0 Å². The molecule has 1 aliphatic heterocycles. The number of ketones is 1. The Balaban J connectivity index is 1.85. The Kier molecular flexibility index (Phi) is 7.12. The highest BCUT2D eigenvalue weighted by Gasteiger charge is 2.47. The molecule has 35 heavy (non-hydrogen) atoms. The lowest BCUT2D eigenvalue weighted by molar-refractivity contribution is -0.132. The summed E-state index contributed by atoms with van der Waals surface area (Å²) in [7, 11) is 0. The van der Waals surface area contributed by atoms with E-state index in [4.69, 9.17) is 21.1 Å². The molecule has 3 aromatic carbocycles. The first-order chi connectivity index (χ1) is 16.8. The van der Waals surface area contributed by atoms with Gasteiger partial charge in [0.1, 0.15) is 17.3 Å². The highest BCUT2D eigenvalue weighted by Crippen LogP contribution is 2.43. The summed E-state index contributed by atoms with van der Waals surface area (Å²) in [4.78, 5) is 27.9. The molecule has 0 saturated carbocycles. The molecule has 1 heterocycles. The van der Waals surface area contributed by atoms with Crippen LogP contribution in [0.5, 0.6) is 11.5 Å². The molecule has 1 amide bonds. The summed E-state index contributed by atoms with van der Waals surface area (Å²) in [6.45, 7) is 6.24. The van der Waals surface area contributed by atoms with Gasteiger partial charge < -0.3 is 14.6 Å². The Hall–Kier alpha value is -3.77. The van der Waals surface area contributed by atoms with Crippen molar-refractivity contribution in [2.24, 2.45) is 0 Å². The number of rotatable bonds is 7. The fraction of sp³-hybridized carbons (Fsp3) is 0.214. The second-order valence-electron chi connectivity index (χ2n) is 8.34. The van der Waals surface area contributed by atoms with Crippen LogP contribution in [0, 0.1) is 0 Å². The molecular formula is C28H26ClNO5. The summed E-state index contributed by atoms with van der Waals surface area (Å²) in [5.41, 5.74) is 1.50. The predicted molar refractivity (Wildman–Crippen MR) is 136 cm³/mol. The Morgan fingerprint density at radius 2 is 1.66 bits per heavy atom. The van der Waals surface area contributed by atoms with E-state index in [9.17, 15) is 14.7 Å². The number of Topliss-reactive ketones (excluding diaryl/α,β-unsaturated/α-hetero) is 1. The number of halogens is 1. The van der Waals surface area contributed by atoms with Crippen molar-refractivity contribution in [2.45, 2.75) is 32.9 Å². The highest BCUT2D eigenvalue weighted by atomic mass is 35.5. The van der Waals surface area contributed by atoms with Gasteiger partial charge in [-0.25, -0.2) is 0 Å². The molecule has 6 nitrogen and oxygen atoms in total. The normalized spacial score (nSPS) is 17.2. The number of nitrogens with zero attached hydrogens (tertiary/aromatic N) is 1. The van der Waals surface area contributed by atoms with E-state index in [0.29, 0.717) is 39.9 Å². The second kappa shape index (κ2) is 10.2. The first kappa shape index (κ1) is 24.4. The first-order valence-corrected chi connectivity index (χ1v) is 11.7. The Morgan fingerprint density at radius 1 is 1.00 bits per heavy atom. The van der Waals surface area contributed by atoms with Crippen LogP contribution in [-0.4, -0.2) is 29.5 Å². The maximum Gasteiger partial charge on any atom is 0.300 e. The van der Waals surface area contributed by atoms with Gasteiger partial charge in [-0.1, -0.05) is 29.8 Å². The quantitative estimate of drug-likeness (QED) is 0.243. The van der Waals surface area contributed by atoms with Gasteiger partial charge in [0, 0.05) is 16.3 Å². The monoisotopic (exact) mass is 491 g/mol. The van der Waals surface area contributed by atoms with Gasteiger partial charge in [0.05, 0.1) is 24.3 Å². The van der Waals surface area contributed by atoms with Gasteiger partial charge in [-0.15, -0.1) is 0 Å². The van der Waals surface area contributed by atoms with Crippen LogP contribution in [0.1, 0.15) is 37.9 Å². The molecule has 1 aliphatic rings. The lowest BCUT2D eigenvalue weighted by Crippen LogP contribution is -2.29. The maximum absolute atomic E-state index is 13.3. The van der Waals surface area contributed by atoms with Gasteiger partial charge >= 0.3 is 0 Å². The zero-order valence-electron chi connectivity index (χ0n) is 19.7. The maximum atomic E-state index is 13.3. The third-order valence-electron chi connectivity index (χ3n) is 5.54. The number of hydrogen-bond donors (Lipinski definition) is 1. The van der Waals surface area contributed by atoms with Crippen LogP contribution in [0.2, 0.25) is 5.02 Å². The lowest BCUT2D eigenvalue weighted by Gasteiger charge is -2.25. The summed E-state index contributed by atoms with van der Waals surface area (Å²) >= 11 is 6.19. The molecule has 0 bridgehead atoms. The van der Waals surface area contributed by atoms with Gasteiger partial charge in [0.15, 0.2) is 0 Å². The van der Waals surface area contributed by atoms with E-state index >= 15 is 0 Å². The molecule has 4 rings (SSSR count). The number of benzene rings is 3. The largest absolute Gasteiger partial charge is 0.507 e. The van der Waals surface area contributed by atoms with E-state index in [1.165, 1.54) is 4.90 Å². The third-order valence-corrected chi connectivity index (χ3v) is 5.77. The van der Waals surface area contributed by atoms with E-state index < -0.39 is 17.7 Å². The Morgan fingerprint density at radius 3 is 2.26 bits per heavy atom. The third kappa shape index (κ3) is 5.03. The average Bonchev–Trinajstić information content (AvgIpc) is 3.10. The van der Waals surface area contributed by atoms with E-state index in [1.54, 1.807) is 72.8 Å². The molecule has 1 saturated heterocycles. The molecule has 1 fully saturated rings. The van der Waals surface area contributed by atoms with Gasteiger partial charge in [-0.2, -0.15) is 0 Å². The molecule has 1 unspecified atom stereocenters. The number of carbonyl (C=O) groups excluding carboxylic acids is 2. The number of ether oxygens (including phenoxy) is 2. The second-order valence-corrected chi connectivity index (χ2v) is 8.78. The number of amides is 1. The van der Waals surface area contributed by atoms with Gasteiger partial charge in [0.2, 0.25) is 0 Å². The lowest BCUT2D eigenvalue weighted by atomic mass is 9.95. The van der Waals surface area contributed by atoms with Crippen molar-refractivity contribution in [3.8, 4) is 11.5 Å². The van der Waals surface area contributed by atoms with Crippen LogP contribution >= 0.6 is 11.6 Å². The molecule has 7 heteroatoms. The Bertz CT molecular complexity index is 1270. The van der Waals surface area contributed by atoms with Crippen molar-refractivity contribution >= 4 is 34.7 Å². The van der Waals surface area contributed by atoms with Crippen molar-refractivity contribution in [2.75, 3.05) is 11.5 Å². The zero-order valence-corrected chi connectivity index (χ0v) is 20.5. The van der Waals surface area contributed by atoms with Crippen LogP contribution in [0.3, 0.4) is 0 Å². The standard InChI is InChI=1S/C28H26ClNO5/c1-4-34-22-12-8-18(9-13-22)25-24(26(31)19-10-14-23(15-11-19)35-17(2)3)27(32)28(33)30(25)21-7-5-6-20(29)16-21/h5-17,25,31H,4H2,1-3H3/b26-24+. The van der Waals surface area contributed by atoms with E-state index in [2.05, 4.69) is 0 Å². The molecular weight excluding hydrogens is 466 g/mol. The van der Waals surface area contributed by atoms with Crippen LogP contribution in [0.15, 0.2) is 78.4 Å². The minimum Gasteiger partial charge on any atom is -0.507 e. The molecule has 0 radical (unpaired) electrons. The molecule has 180 valence electrons. The molecule has 1 N–H and O–H groups in total. The van der Waals surface area contributed by atoms with E-state index in [0.717, 1.165) is 0 Å². The number of carbonyl (C=O) groups is 2. The average molecular weight is 492 g/mol. The predicted octanol–water partition coefficient (Wildman–Crippen LogP) is 6.15. The fourth-order valence-electron chi connectivity index (χ4n) is 4.07. The topological polar surface area (TPSA) is 76.1 Å². The van der Waals surface area contributed by atoms with Crippen LogP contribution in [0.25, 0.3) is 5.76 Å². The molecule has 0 aromatic heterocycles. The molecule has 3 aromatic rings. The SMILES string of the molecule is CCOc1ccc(C2/C(=C(\O)c3ccc(OC(C)C)cc3)C(=O)C(=O)N2c2cccc(Cl)c2)cc1. The summed E-state index contributed by atoms with van der Waals surface area (Å²) in [6, 6.07) is 19.7. The summed E-state index contributed by atoms with van der Waals surface area (Å²) in [5, 5.41) is 11.7. The van der Waals surface area contributed by atoms with Gasteiger partial charge in [-0.3, -0.25) is 14.5 Å². The smallest absolute Gasteiger partial charge is 0.300 e.